The first-order valence-electron chi connectivity index (χ1n) is 8.18. The average Bonchev–Trinajstić information content (AvgIpc) is 2.56. The molecule has 1 amide bonds. The van der Waals surface area contributed by atoms with Gasteiger partial charge in [0, 0.05) is 45.4 Å². The van der Waals surface area contributed by atoms with E-state index in [0.717, 1.165) is 65.2 Å². The molecule has 3 heterocycles. The zero-order valence-electron chi connectivity index (χ0n) is 13.2. The van der Waals surface area contributed by atoms with E-state index in [-0.39, 0.29) is 30.9 Å². The number of piperazine rings is 1. The summed E-state index contributed by atoms with van der Waals surface area (Å²) in [5.41, 5.74) is 0. The van der Waals surface area contributed by atoms with Gasteiger partial charge >= 0.3 is 0 Å². The zero-order chi connectivity index (χ0) is 13.8. The van der Waals surface area contributed by atoms with E-state index in [1.165, 1.54) is 12.8 Å². The van der Waals surface area contributed by atoms with Crippen molar-refractivity contribution in [3.63, 3.8) is 0 Å². The molecule has 3 saturated heterocycles. The van der Waals surface area contributed by atoms with Gasteiger partial charge in [0.25, 0.3) is 0 Å². The van der Waals surface area contributed by atoms with Crippen LogP contribution in [0.1, 0.15) is 32.1 Å². The number of hydrogen-bond acceptors (Lipinski definition) is 4. The minimum absolute atomic E-state index is 0. The summed E-state index contributed by atoms with van der Waals surface area (Å²) in [6.07, 6.45) is 5.71. The van der Waals surface area contributed by atoms with Crippen molar-refractivity contribution in [3.05, 3.63) is 0 Å². The second kappa shape index (κ2) is 9.93. The maximum Gasteiger partial charge on any atom is 0.239 e. The van der Waals surface area contributed by atoms with Crippen molar-refractivity contribution in [1.82, 2.24) is 15.1 Å². The summed E-state index contributed by atoms with van der Waals surface area (Å²) in [5.74, 6) is 0.330. The van der Waals surface area contributed by atoms with Crippen LogP contribution in [0.4, 0.5) is 0 Å². The monoisotopic (exact) mass is 353 g/mol. The number of nitrogens with one attached hydrogen (secondary N) is 1. The molecule has 3 aliphatic rings. The van der Waals surface area contributed by atoms with Crippen LogP contribution >= 0.6 is 24.8 Å². The maximum atomic E-state index is 12.5. The molecule has 3 aliphatic heterocycles. The Kier molecular flexibility index (Phi) is 9.02. The number of carbonyl (C=O) groups is 1. The number of nitrogens with zero attached hydrogens (tertiary/aromatic N) is 2. The predicted molar refractivity (Wildman–Crippen MR) is 92.1 cm³/mol. The van der Waals surface area contributed by atoms with Crippen molar-refractivity contribution in [2.75, 3.05) is 45.9 Å². The van der Waals surface area contributed by atoms with Gasteiger partial charge in [0.2, 0.25) is 5.91 Å². The first-order chi connectivity index (χ1) is 9.84. The van der Waals surface area contributed by atoms with Crippen LogP contribution in [0.3, 0.4) is 0 Å². The molecule has 5 nitrogen and oxygen atoms in total. The lowest BCUT2D eigenvalue weighted by Gasteiger charge is -2.41. The summed E-state index contributed by atoms with van der Waals surface area (Å²) < 4.78 is 5.43. The summed E-state index contributed by atoms with van der Waals surface area (Å²) in [4.78, 5) is 17.1. The van der Waals surface area contributed by atoms with Crippen LogP contribution in [-0.2, 0) is 9.53 Å². The summed E-state index contributed by atoms with van der Waals surface area (Å²) in [6.45, 7) is 6.65. The number of rotatable bonds is 2. The third kappa shape index (κ3) is 4.96. The smallest absolute Gasteiger partial charge is 0.239 e. The Labute approximate surface area is 145 Å². The van der Waals surface area contributed by atoms with Crippen molar-refractivity contribution < 1.29 is 9.53 Å². The highest BCUT2D eigenvalue weighted by Crippen LogP contribution is 2.17. The Morgan fingerprint density at radius 2 is 1.64 bits per heavy atom. The molecule has 0 radical (unpaired) electrons. The first-order valence-corrected chi connectivity index (χ1v) is 8.18. The molecule has 0 aliphatic carbocycles. The molecule has 1 N–H and O–H groups in total. The molecule has 3 fully saturated rings. The lowest BCUT2D eigenvalue weighted by molar-refractivity contribution is -0.136. The van der Waals surface area contributed by atoms with Crippen molar-refractivity contribution in [2.24, 2.45) is 0 Å². The largest absolute Gasteiger partial charge is 0.381 e. The topological polar surface area (TPSA) is 44.8 Å². The van der Waals surface area contributed by atoms with Crippen LogP contribution in [0, 0.1) is 0 Å². The molecule has 0 aromatic heterocycles. The molecule has 0 aromatic carbocycles. The number of ether oxygens (including phenoxy) is 1. The molecule has 1 atom stereocenters. The van der Waals surface area contributed by atoms with Crippen molar-refractivity contribution in [2.45, 2.75) is 44.2 Å². The fourth-order valence-electron chi connectivity index (χ4n) is 3.64. The molecular formula is C15H29Cl2N3O2. The summed E-state index contributed by atoms with van der Waals surface area (Å²) >= 11 is 0. The molecule has 3 rings (SSSR count). The molecule has 130 valence electrons. The second-order valence-corrected chi connectivity index (χ2v) is 6.21. The minimum Gasteiger partial charge on any atom is -0.381 e. The number of piperidine rings is 1. The van der Waals surface area contributed by atoms with Crippen molar-refractivity contribution >= 4 is 30.7 Å². The highest BCUT2D eigenvalue weighted by atomic mass is 35.5. The lowest BCUT2D eigenvalue weighted by atomic mass is 10.0. The average molecular weight is 354 g/mol. The molecule has 0 saturated carbocycles. The highest BCUT2D eigenvalue weighted by molar-refractivity contribution is 5.85. The summed E-state index contributed by atoms with van der Waals surface area (Å²) in [7, 11) is 0. The third-order valence-corrected chi connectivity index (χ3v) is 4.94. The Morgan fingerprint density at radius 3 is 2.23 bits per heavy atom. The van der Waals surface area contributed by atoms with Crippen LogP contribution in [0.5, 0.6) is 0 Å². The van der Waals surface area contributed by atoms with E-state index in [1.807, 2.05) is 0 Å². The van der Waals surface area contributed by atoms with Crippen LogP contribution in [0.15, 0.2) is 0 Å². The van der Waals surface area contributed by atoms with Crippen LogP contribution in [-0.4, -0.2) is 73.7 Å². The fraction of sp³-hybridized carbons (Fsp3) is 0.933. The molecule has 0 bridgehead atoms. The van der Waals surface area contributed by atoms with E-state index in [4.69, 9.17) is 4.74 Å². The molecule has 0 aromatic rings. The number of halogens is 2. The molecular weight excluding hydrogens is 325 g/mol. The first kappa shape index (κ1) is 20.0. The van der Waals surface area contributed by atoms with E-state index in [0.29, 0.717) is 11.9 Å². The van der Waals surface area contributed by atoms with E-state index in [1.54, 1.807) is 0 Å². The van der Waals surface area contributed by atoms with Gasteiger partial charge < -0.3 is 15.0 Å². The molecule has 0 spiro atoms. The predicted octanol–water partition coefficient (Wildman–Crippen LogP) is 1.30. The van der Waals surface area contributed by atoms with Crippen molar-refractivity contribution in [1.29, 1.82) is 0 Å². The third-order valence-electron chi connectivity index (χ3n) is 4.94. The second-order valence-electron chi connectivity index (χ2n) is 6.21. The minimum atomic E-state index is 0. The molecule has 22 heavy (non-hydrogen) atoms. The molecule has 7 heteroatoms. The van der Waals surface area contributed by atoms with Gasteiger partial charge in [0.15, 0.2) is 0 Å². The Bertz CT molecular complexity index is 327. The van der Waals surface area contributed by atoms with E-state index in [2.05, 4.69) is 15.1 Å². The normalized spacial score (nSPS) is 27.6. The Balaban J connectivity index is 0.00000121. The highest BCUT2D eigenvalue weighted by Gasteiger charge is 2.30. The van der Waals surface area contributed by atoms with E-state index in [9.17, 15) is 4.79 Å². The number of amides is 1. The van der Waals surface area contributed by atoms with Gasteiger partial charge in [-0.2, -0.15) is 0 Å². The van der Waals surface area contributed by atoms with Gasteiger partial charge in [-0.3, -0.25) is 9.69 Å². The van der Waals surface area contributed by atoms with Gasteiger partial charge in [-0.25, -0.2) is 0 Å². The summed E-state index contributed by atoms with van der Waals surface area (Å²) in [5, 5.41) is 3.37. The van der Waals surface area contributed by atoms with E-state index < -0.39 is 0 Å². The van der Waals surface area contributed by atoms with Gasteiger partial charge in [-0.1, -0.05) is 6.42 Å². The van der Waals surface area contributed by atoms with Crippen LogP contribution < -0.4 is 5.32 Å². The zero-order valence-corrected chi connectivity index (χ0v) is 14.8. The van der Waals surface area contributed by atoms with Gasteiger partial charge in [0.05, 0.1) is 6.04 Å². The summed E-state index contributed by atoms with van der Waals surface area (Å²) in [6, 6.07) is 0.757. The van der Waals surface area contributed by atoms with E-state index >= 15 is 0 Å². The SMILES string of the molecule is Cl.Cl.O=C([C@H]1CCCCN1)N1CCN(C2CCOCC2)CC1. The fourth-order valence-corrected chi connectivity index (χ4v) is 3.64. The van der Waals surface area contributed by atoms with Crippen LogP contribution in [0.2, 0.25) is 0 Å². The Morgan fingerprint density at radius 1 is 0.955 bits per heavy atom. The van der Waals surface area contributed by atoms with Gasteiger partial charge in [-0.15, -0.1) is 24.8 Å². The number of carbonyl (C=O) groups excluding carboxylic acids is 1. The number of hydrogen-bond donors (Lipinski definition) is 1. The lowest BCUT2D eigenvalue weighted by Crippen LogP contribution is -2.57. The molecule has 0 unspecified atom stereocenters. The maximum absolute atomic E-state index is 12.5. The quantitative estimate of drug-likeness (QED) is 0.812. The Hall–Kier alpha value is -0.0700. The van der Waals surface area contributed by atoms with Crippen LogP contribution in [0.25, 0.3) is 0 Å². The van der Waals surface area contributed by atoms with Gasteiger partial charge in [-0.05, 0) is 32.2 Å². The standard InChI is InChI=1S/C15H27N3O2.2ClH/c19-15(14-3-1-2-6-16-14)18-9-7-17(8-10-18)13-4-11-20-12-5-13;;/h13-14,16H,1-12H2;2*1H/t14-;;/m1../s1. The van der Waals surface area contributed by atoms with Gasteiger partial charge in [0.1, 0.15) is 0 Å². The van der Waals surface area contributed by atoms with Crippen molar-refractivity contribution in [3.8, 4) is 0 Å².